The van der Waals surface area contributed by atoms with E-state index >= 15 is 0 Å². The van der Waals surface area contributed by atoms with E-state index in [1.807, 2.05) is 0 Å². The molecule has 1 aromatic carbocycles. The Morgan fingerprint density at radius 1 is 1.08 bits per heavy atom. The molecule has 0 atom stereocenters. The van der Waals surface area contributed by atoms with Crippen LogP contribution in [0.3, 0.4) is 0 Å². The van der Waals surface area contributed by atoms with Gasteiger partial charge in [-0.05, 0) is 35.9 Å². The van der Waals surface area contributed by atoms with Crippen molar-refractivity contribution >= 4 is 11.5 Å². The van der Waals surface area contributed by atoms with E-state index in [2.05, 4.69) is 26.3 Å². The van der Waals surface area contributed by atoms with Crippen LogP contribution in [0.5, 0.6) is 0 Å². The number of hydrogen-bond acceptors (Lipinski definition) is 5. The van der Waals surface area contributed by atoms with Gasteiger partial charge in [-0.15, -0.1) is 0 Å². The summed E-state index contributed by atoms with van der Waals surface area (Å²) in [4.78, 5) is 13.1. The number of anilines is 1. The minimum Gasteiger partial charge on any atom is -0.366 e. The molecule has 4 rings (SSSR count). The summed E-state index contributed by atoms with van der Waals surface area (Å²) in [5.41, 5.74) is 2.89. The van der Waals surface area contributed by atoms with Crippen molar-refractivity contribution in [3.05, 3.63) is 78.0 Å². The zero-order valence-electron chi connectivity index (χ0n) is 13.6. The van der Waals surface area contributed by atoms with Crippen LogP contribution in [0.25, 0.3) is 17.2 Å². The monoisotopic (exact) mass is 344 g/mol. The molecule has 3 heterocycles. The van der Waals surface area contributed by atoms with E-state index in [1.165, 1.54) is 12.1 Å². The number of imidazole rings is 1. The van der Waals surface area contributed by atoms with Crippen molar-refractivity contribution in [3.63, 3.8) is 0 Å². The van der Waals surface area contributed by atoms with Crippen molar-refractivity contribution < 1.29 is 4.39 Å². The summed E-state index contributed by atoms with van der Waals surface area (Å²) in [5.74, 6) is 0.879. The third-order valence-corrected chi connectivity index (χ3v) is 3.91. The van der Waals surface area contributed by atoms with Gasteiger partial charge in [-0.1, -0.05) is 12.1 Å². The Kier molecular flexibility index (Phi) is 4.00. The van der Waals surface area contributed by atoms with E-state index in [-0.39, 0.29) is 5.82 Å². The van der Waals surface area contributed by atoms with Gasteiger partial charge in [0.05, 0.1) is 11.8 Å². The fraction of sp³-hybridized carbons (Fsp3) is 0.0526. The van der Waals surface area contributed by atoms with Crippen LogP contribution in [0.2, 0.25) is 0 Å². The molecule has 0 aliphatic rings. The summed E-state index contributed by atoms with van der Waals surface area (Å²) in [6.45, 7) is 0.516. The second-order valence-electron chi connectivity index (χ2n) is 5.65. The lowest BCUT2D eigenvalue weighted by Crippen LogP contribution is -2.03. The number of benzene rings is 1. The Balaban J connectivity index is 1.61. The minimum absolute atomic E-state index is 0.262. The predicted molar refractivity (Wildman–Crippen MR) is 94.7 cm³/mol. The third-order valence-electron chi connectivity index (χ3n) is 3.91. The standard InChI is InChI=1S/C19H13FN6/c20-15-4-1-13(2-5-15)10-23-17-7-8-22-19(25-17)16-11-24-18-6-3-14(9-21)12-26(16)18/h1-8,11-12H,10H2,(H,22,23,25). The Morgan fingerprint density at radius 3 is 2.73 bits per heavy atom. The molecule has 0 bridgehead atoms. The summed E-state index contributed by atoms with van der Waals surface area (Å²) in [6, 6.07) is 13.7. The van der Waals surface area contributed by atoms with Gasteiger partial charge in [0, 0.05) is 18.9 Å². The Bertz CT molecular complexity index is 1110. The van der Waals surface area contributed by atoms with E-state index in [4.69, 9.17) is 5.26 Å². The number of fused-ring (bicyclic) bond motifs is 1. The summed E-state index contributed by atoms with van der Waals surface area (Å²) in [5, 5.41) is 12.3. The molecular weight excluding hydrogens is 331 g/mol. The topological polar surface area (TPSA) is 78.9 Å². The number of rotatable bonds is 4. The smallest absolute Gasteiger partial charge is 0.180 e. The van der Waals surface area contributed by atoms with Gasteiger partial charge >= 0.3 is 0 Å². The van der Waals surface area contributed by atoms with Crippen molar-refractivity contribution in [1.82, 2.24) is 19.4 Å². The lowest BCUT2D eigenvalue weighted by molar-refractivity contribution is 0.627. The minimum atomic E-state index is -0.262. The molecule has 6 nitrogen and oxygen atoms in total. The van der Waals surface area contributed by atoms with Crippen LogP contribution >= 0.6 is 0 Å². The maximum absolute atomic E-state index is 13.0. The van der Waals surface area contributed by atoms with Crippen LogP contribution < -0.4 is 5.32 Å². The second-order valence-corrected chi connectivity index (χ2v) is 5.65. The van der Waals surface area contributed by atoms with Crippen LogP contribution in [0, 0.1) is 17.1 Å². The van der Waals surface area contributed by atoms with Crippen molar-refractivity contribution in [2.45, 2.75) is 6.54 Å². The van der Waals surface area contributed by atoms with Gasteiger partial charge in [0.15, 0.2) is 5.82 Å². The first kappa shape index (κ1) is 15.7. The van der Waals surface area contributed by atoms with Crippen LogP contribution in [0.15, 0.2) is 61.1 Å². The van der Waals surface area contributed by atoms with Gasteiger partial charge in [-0.3, -0.25) is 4.40 Å². The zero-order valence-corrected chi connectivity index (χ0v) is 13.6. The van der Waals surface area contributed by atoms with Crippen molar-refractivity contribution in [2.24, 2.45) is 0 Å². The molecule has 0 saturated heterocycles. The van der Waals surface area contributed by atoms with Crippen LogP contribution in [0.4, 0.5) is 10.2 Å². The molecule has 0 radical (unpaired) electrons. The SMILES string of the molecule is N#Cc1ccc2ncc(-c3nccc(NCc4ccc(F)cc4)n3)n2c1. The molecule has 26 heavy (non-hydrogen) atoms. The largest absolute Gasteiger partial charge is 0.366 e. The number of aromatic nitrogens is 4. The fourth-order valence-electron chi connectivity index (χ4n) is 2.59. The zero-order chi connectivity index (χ0) is 17.9. The Morgan fingerprint density at radius 2 is 1.92 bits per heavy atom. The molecule has 0 fully saturated rings. The summed E-state index contributed by atoms with van der Waals surface area (Å²) >= 11 is 0. The van der Waals surface area contributed by atoms with Gasteiger partial charge in [0.25, 0.3) is 0 Å². The third kappa shape index (κ3) is 3.08. The molecule has 1 N–H and O–H groups in total. The number of hydrogen-bond donors (Lipinski definition) is 1. The van der Waals surface area contributed by atoms with Crippen molar-refractivity contribution in [1.29, 1.82) is 5.26 Å². The van der Waals surface area contributed by atoms with E-state index in [1.54, 1.807) is 53.3 Å². The molecule has 126 valence electrons. The van der Waals surface area contributed by atoms with E-state index in [0.29, 0.717) is 35.1 Å². The molecule has 4 aromatic rings. The molecule has 0 saturated carbocycles. The quantitative estimate of drug-likeness (QED) is 0.614. The Labute approximate surface area is 148 Å². The van der Waals surface area contributed by atoms with Gasteiger partial charge < -0.3 is 5.32 Å². The fourth-order valence-corrected chi connectivity index (χ4v) is 2.59. The number of pyridine rings is 1. The Hall–Kier alpha value is -3.79. The normalized spacial score (nSPS) is 10.6. The van der Waals surface area contributed by atoms with E-state index in [9.17, 15) is 4.39 Å². The number of halogens is 1. The average molecular weight is 344 g/mol. The molecule has 0 aliphatic carbocycles. The van der Waals surface area contributed by atoms with Crippen LogP contribution in [0.1, 0.15) is 11.1 Å². The lowest BCUT2D eigenvalue weighted by atomic mass is 10.2. The van der Waals surface area contributed by atoms with E-state index in [0.717, 1.165) is 5.56 Å². The van der Waals surface area contributed by atoms with Gasteiger partial charge in [-0.2, -0.15) is 5.26 Å². The highest BCUT2D eigenvalue weighted by Gasteiger charge is 2.10. The molecule has 0 aliphatic heterocycles. The van der Waals surface area contributed by atoms with Crippen LogP contribution in [-0.2, 0) is 6.54 Å². The second kappa shape index (κ2) is 6.61. The van der Waals surface area contributed by atoms with Crippen molar-refractivity contribution in [3.8, 4) is 17.6 Å². The summed E-state index contributed by atoms with van der Waals surface area (Å²) in [6.07, 6.45) is 5.04. The molecule has 3 aromatic heterocycles. The molecule has 0 spiro atoms. The predicted octanol–water partition coefficient (Wildman–Crippen LogP) is 3.41. The highest BCUT2D eigenvalue weighted by molar-refractivity contribution is 5.59. The van der Waals surface area contributed by atoms with E-state index < -0.39 is 0 Å². The first-order valence-electron chi connectivity index (χ1n) is 7.92. The van der Waals surface area contributed by atoms with Crippen molar-refractivity contribution in [2.75, 3.05) is 5.32 Å². The first-order valence-corrected chi connectivity index (χ1v) is 7.92. The molecular formula is C19H13FN6. The highest BCUT2D eigenvalue weighted by atomic mass is 19.1. The van der Waals surface area contributed by atoms with Gasteiger partial charge in [0.2, 0.25) is 0 Å². The lowest BCUT2D eigenvalue weighted by Gasteiger charge is -2.07. The summed E-state index contributed by atoms with van der Waals surface area (Å²) < 4.78 is 14.8. The molecule has 0 unspecified atom stereocenters. The maximum Gasteiger partial charge on any atom is 0.180 e. The highest BCUT2D eigenvalue weighted by Crippen LogP contribution is 2.19. The molecule has 7 heteroatoms. The average Bonchev–Trinajstić information content (AvgIpc) is 3.11. The van der Waals surface area contributed by atoms with Gasteiger partial charge in [0.1, 0.15) is 29.0 Å². The summed E-state index contributed by atoms with van der Waals surface area (Å²) in [7, 11) is 0. The number of nitriles is 1. The first-order chi connectivity index (χ1) is 12.7. The maximum atomic E-state index is 13.0. The number of nitrogens with zero attached hydrogens (tertiary/aromatic N) is 5. The van der Waals surface area contributed by atoms with Crippen LogP contribution in [-0.4, -0.2) is 19.4 Å². The van der Waals surface area contributed by atoms with Gasteiger partial charge in [-0.25, -0.2) is 19.3 Å². The molecule has 0 amide bonds. The number of nitrogens with one attached hydrogen (secondary N) is 1.